The molecule has 2 saturated carbocycles. The van der Waals surface area contributed by atoms with Crippen molar-refractivity contribution in [3.63, 3.8) is 0 Å². The molecule has 2 aliphatic carbocycles. The van der Waals surface area contributed by atoms with Crippen LogP contribution < -0.4 is 0 Å². The maximum absolute atomic E-state index is 12.3. The second kappa shape index (κ2) is 6.76. The van der Waals surface area contributed by atoms with E-state index in [0.717, 1.165) is 49.9 Å². The predicted octanol–water partition coefficient (Wildman–Crippen LogP) is 4.04. The van der Waals surface area contributed by atoms with Gasteiger partial charge in [0, 0.05) is 24.6 Å². The van der Waals surface area contributed by atoms with Crippen LogP contribution in [0.3, 0.4) is 0 Å². The summed E-state index contributed by atoms with van der Waals surface area (Å²) in [5, 5.41) is 14.3. The van der Waals surface area contributed by atoms with Gasteiger partial charge in [0.25, 0.3) is 0 Å². The molecule has 6 heteroatoms. The first kappa shape index (κ1) is 17.8. The Morgan fingerprint density at radius 1 is 1.00 bits per heavy atom. The largest absolute Gasteiger partial charge is 0.342 e. The molecule has 1 saturated heterocycles. The zero-order valence-electron chi connectivity index (χ0n) is 16.9. The topological polar surface area (TPSA) is 74.8 Å². The summed E-state index contributed by atoms with van der Waals surface area (Å²) in [6, 6.07) is 17.3. The zero-order chi connectivity index (χ0) is 20.1. The van der Waals surface area contributed by atoms with E-state index in [-0.39, 0.29) is 0 Å². The summed E-state index contributed by atoms with van der Waals surface area (Å²) < 4.78 is 0. The van der Waals surface area contributed by atoms with Crippen LogP contribution in [-0.4, -0.2) is 44.5 Å². The number of H-pyrrole nitrogens is 1. The Labute approximate surface area is 175 Å². The van der Waals surface area contributed by atoms with Crippen LogP contribution in [-0.2, 0) is 4.79 Å². The molecule has 3 aromatic rings. The molecule has 6 rings (SSSR count). The van der Waals surface area contributed by atoms with Gasteiger partial charge >= 0.3 is 0 Å². The van der Waals surface area contributed by atoms with E-state index in [2.05, 4.69) is 61.9 Å². The highest BCUT2D eigenvalue weighted by atomic mass is 16.2. The number of rotatable bonds is 4. The molecule has 1 atom stereocenters. The first-order chi connectivity index (χ1) is 14.7. The average molecular weight is 399 g/mol. The average Bonchev–Trinajstić information content (AvgIpc) is 3.71. The Morgan fingerprint density at radius 2 is 1.77 bits per heavy atom. The van der Waals surface area contributed by atoms with Gasteiger partial charge in [-0.15, -0.1) is 10.2 Å². The number of tetrazole rings is 1. The lowest BCUT2D eigenvalue weighted by Crippen LogP contribution is -2.40. The molecule has 152 valence electrons. The number of carbonyl (C=O) groups is 1. The van der Waals surface area contributed by atoms with Gasteiger partial charge in [0.1, 0.15) is 0 Å². The molecule has 1 aromatic heterocycles. The number of piperidine rings is 1. The molecule has 3 fully saturated rings. The lowest BCUT2D eigenvalue weighted by Gasteiger charge is -2.33. The molecule has 1 N–H and O–H groups in total. The van der Waals surface area contributed by atoms with E-state index in [1.807, 2.05) is 12.1 Å². The highest BCUT2D eigenvalue weighted by Gasteiger charge is 2.55. The fraction of sp³-hybridized carbons (Fsp3) is 0.417. The molecule has 1 aliphatic heterocycles. The van der Waals surface area contributed by atoms with Crippen LogP contribution in [0.2, 0.25) is 0 Å². The van der Waals surface area contributed by atoms with E-state index in [9.17, 15) is 4.79 Å². The molecule has 0 radical (unpaired) electrons. The number of hydrogen-bond acceptors (Lipinski definition) is 4. The van der Waals surface area contributed by atoms with Gasteiger partial charge in [-0.05, 0) is 71.4 Å². The number of likely N-dealkylation sites (tertiary alicyclic amines) is 1. The van der Waals surface area contributed by atoms with Crippen molar-refractivity contribution in [2.45, 2.75) is 38.0 Å². The van der Waals surface area contributed by atoms with E-state index < -0.39 is 0 Å². The Kier molecular flexibility index (Phi) is 4.01. The fourth-order valence-corrected chi connectivity index (χ4v) is 5.16. The van der Waals surface area contributed by atoms with E-state index >= 15 is 0 Å². The number of hydrogen-bond donors (Lipinski definition) is 1. The minimum atomic E-state index is 0.347. The molecule has 1 spiro atoms. The van der Waals surface area contributed by atoms with Gasteiger partial charge < -0.3 is 4.90 Å². The second-order valence-electron chi connectivity index (χ2n) is 9.16. The Bertz CT molecular complexity index is 1060. The molecule has 2 aromatic carbocycles. The summed E-state index contributed by atoms with van der Waals surface area (Å²) in [6.45, 7) is 1.90. The maximum Gasteiger partial charge on any atom is 0.225 e. The van der Waals surface area contributed by atoms with E-state index in [1.54, 1.807) is 0 Å². The third-order valence-corrected chi connectivity index (χ3v) is 7.30. The normalized spacial score (nSPS) is 22.3. The number of aromatic nitrogens is 4. The molecule has 3 aliphatic rings. The summed E-state index contributed by atoms with van der Waals surface area (Å²) in [6.07, 6.45) is 5.79. The first-order valence-electron chi connectivity index (χ1n) is 10.9. The van der Waals surface area contributed by atoms with Gasteiger partial charge in [0.15, 0.2) is 0 Å². The number of amides is 1. The van der Waals surface area contributed by atoms with E-state index in [4.69, 9.17) is 0 Å². The Morgan fingerprint density at radius 3 is 2.47 bits per heavy atom. The number of carbonyl (C=O) groups excluding carboxylic acids is 1. The van der Waals surface area contributed by atoms with Crippen molar-refractivity contribution < 1.29 is 4.79 Å². The highest BCUT2D eigenvalue weighted by molar-refractivity contribution is 5.81. The summed E-state index contributed by atoms with van der Waals surface area (Å²) in [5.74, 6) is 2.02. The van der Waals surface area contributed by atoms with Crippen molar-refractivity contribution in [2.24, 2.45) is 11.3 Å². The van der Waals surface area contributed by atoms with Crippen LogP contribution in [0.25, 0.3) is 22.5 Å². The van der Waals surface area contributed by atoms with Gasteiger partial charge in [-0.2, -0.15) is 5.21 Å². The lowest BCUT2D eigenvalue weighted by atomic mass is 9.88. The first-order valence-corrected chi connectivity index (χ1v) is 10.9. The lowest BCUT2D eigenvalue weighted by molar-refractivity contribution is -0.134. The predicted molar refractivity (Wildman–Crippen MR) is 113 cm³/mol. The van der Waals surface area contributed by atoms with E-state index in [0.29, 0.717) is 29.0 Å². The molecule has 30 heavy (non-hydrogen) atoms. The van der Waals surface area contributed by atoms with Gasteiger partial charge in [0.05, 0.1) is 0 Å². The van der Waals surface area contributed by atoms with Gasteiger partial charge in [-0.25, -0.2) is 0 Å². The monoisotopic (exact) mass is 399 g/mol. The number of nitrogens with zero attached hydrogens (tertiary/aromatic N) is 4. The van der Waals surface area contributed by atoms with Crippen LogP contribution in [0.5, 0.6) is 0 Å². The molecular weight excluding hydrogens is 374 g/mol. The minimum absolute atomic E-state index is 0.347. The molecule has 6 nitrogen and oxygen atoms in total. The van der Waals surface area contributed by atoms with Crippen LogP contribution in [0.4, 0.5) is 0 Å². The quantitative estimate of drug-likeness (QED) is 0.718. The fourth-order valence-electron chi connectivity index (χ4n) is 5.16. The van der Waals surface area contributed by atoms with Crippen molar-refractivity contribution in [1.82, 2.24) is 25.5 Å². The van der Waals surface area contributed by atoms with Crippen molar-refractivity contribution >= 4 is 5.91 Å². The summed E-state index contributed by atoms with van der Waals surface area (Å²) >= 11 is 0. The minimum Gasteiger partial charge on any atom is -0.342 e. The number of nitrogens with one attached hydrogen (secondary N) is 1. The summed E-state index contributed by atoms with van der Waals surface area (Å²) in [4.78, 5) is 14.5. The summed E-state index contributed by atoms with van der Waals surface area (Å²) in [7, 11) is 0. The highest BCUT2D eigenvalue weighted by Crippen LogP contribution is 2.65. The molecular formula is C24H25N5O. The van der Waals surface area contributed by atoms with Crippen LogP contribution in [0, 0.1) is 11.3 Å². The van der Waals surface area contributed by atoms with Crippen LogP contribution >= 0.6 is 0 Å². The molecule has 0 bridgehead atoms. The van der Waals surface area contributed by atoms with E-state index in [1.165, 1.54) is 17.5 Å². The van der Waals surface area contributed by atoms with Crippen molar-refractivity contribution in [3.05, 3.63) is 54.1 Å². The van der Waals surface area contributed by atoms with Gasteiger partial charge in [-0.3, -0.25) is 4.79 Å². The smallest absolute Gasteiger partial charge is 0.225 e. The second-order valence-corrected chi connectivity index (χ2v) is 9.16. The van der Waals surface area contributed by atoms with Gasteiger partial charge in [0.2, 0.25) is 11.7 Å². The zero-order valence-corrected chi connectivity index (χ0v) is 16.9. The van der Waals surface area contributed by atoms with Crippen LogP contribution in [0.1, 0.15) is 43.6 Å². The van der Waals surface area contributed by atoms with Crippen LogP contribution in [0.15, 0.2) is 48.5 Å². The van der Waals surface area contributed by atoms with Crippen molar-refractivity contribution in [3.8, 4) is 22.5 Å². The number of benzene rings is 2. The molecule has 1 amide bonds. The van der Waals surface area contributed by atoms with Crippen molar-refractivity contribution in [1.29, 1.82) is 0 Å². The standard InChI is InChI=1S/C24H25N5O/c30-23(18-8-9-18)29-12-10-24(11-13-29)15-21(24)17-6-4-16(5-7-17)19-2-1-3-20(14-19)22-25-27-28-26-22/h1-7,14,18,21H,8-13,15H2,(H,25,26,27,28). The third-order valence-electron chi connectivity index (χ3n) is 7.30. The van der Waals surface area contributed by atoms with Gasteiger partial charge in [-0.1, -0.05) is 42.5 Å². The Hall–Kier alpha value is -3.02. The Balaban J connectivity index is 1.14. The maximum atomic E-state index is 12.3. The molecule has 1 unspecified atom stereocenters. The van der Waals surface area contributed by atoms with Crippen molar-refractivity contribution in [2.75, 3.05) is 13.1 Å². The third kappa shape index (κ3) is 3.11. The number of aromatic amines is 1. The molecule has 2 heterocycles. The summed E-state index contributed by atoms with van der Waals surface area (Å²) in [5.41, 5.74) is 5.18. The SMILES string of the molecule is O=C(C1CC1)N1CCC2(CC1)CC2c1ccc(-c2cccc(-c3nn[nH]n3)c2)cc1.